The lowest BCUT2D eigenvalue weighted by Gasteiger charge is -2.24. The maximum Gasteiger partial charge on any atom is 0.166 e. The van der Waals surface area contributed by atoms with Crippen LogP contribution in [0, 0.1) is 6.92 Å². The van der Waals surface area contributed by atoms with Gasteiger partial charge in [0.2, 0.25) is 0 Å². The van der Waals surface area contributed by atoms with E-state index in [1.165, 1.54) is 11.3 Å². The first kappa shape index (κ1) is 19.1. The van der Waals surface area contributed by atoms with Crippen molar-refractivity contribution < 1.29 is 4.74 Å². The standard InChI is InChI=1S/C20H27N3OS/c1-4-23(18-10-7-8-16(2)14-18)13-12-21-20(25)22-15-17-9-5-6-11-19(17)24-3/h5-11,14H,4,12-13,15H2,1-3H3,(H2,21,22,25). The molecule has 0 aromatic heterocycles. The first-order chi connectivity index (χ1) is 12.1. The Morgan fingerprint density at radius 2 is 1.92 bits per heavy atom. The Labute approximate surface area is 156 Å². The molecule has 0 spiro atoms. The van der Waals surface area contributed by atoms with Crippen LogP contribution in [0.5, 0.6) is 5.75 Å². The van der Waals surface area contributed by atoms with Crippen molar-refractivity contribution in [2.24, 2.45) is 0 Å². The van der Waals surface area contributed by atoms with Gasteiger partial charge >= 0.3 is 0 Å². The monoisotopic (exact) mass is 357 g/mol. The zero-order chi connectivity index (χ0) is 18.1. The van der Waals surface area contributed by atoms with Gasteiger partial charge in [-0.15, -0.1) is 0 Å². The van der Waals surface area contributed by atoms with Crippen molar-refractivity contribution in [3.63, 3.8) is 0 Å². The lowest BCUT2D eigenvalue weighted by Crippen LogP contribution is -2.40. The van der Waals surface area contributed by atoms with Gasteiger partial charge in [-0.3, -0.25) is 0 Å². The SMILES string of the molecule is CCN(CCNC(=S)NCc1ccccc1OC)c1cccc(C)c1. The fourth-order valence-electron chi connectivity index (χ4n) is 2.69. The molecule has 0 saturated carbocycles. The Balaban J connectivity index is 1.77. The van der Waals surface area contributed by atoms with Gasteiger partial charge in [-0.1, -0.05) is 30.3 Å². The molecule has 0 radical (unpaired) electrons. The Morgan fingerprint density at radius 3 is 2.64 bits per heavy atom. The van der Waals surface area contributed by atoms with E-state index >= 15 is 0 Å². The smallest absolute Gasteiger partial charge is 0.166 e. The molecule has 0 aliphatic carbocycles. The van der Waals surface area contributed by atoms with Gasteiger partial charge in [0.25, 0.3) is 0 Å². The van der Waals surface area contributed by atoms with Crippen LogP contribution in [0.4, 0.5) is 5.69 Å². The number of methoxy groups -OCH3 is 1. The fourth-order valence-corrected chi connectivity index (χ4v) is 2.86. The molecule has 134 valence electrons. The van der Waals surface area contributed by atoms with Gasteiger partial charge in [0.15, 0.2) is 5.11 Å². The number of nitrogens with one attached hydrogen (secondary N) is 2. The molecule has 0 saturated heterocycles. The molecule has 0 fully saturated rings. The largest absolute Gasteiger partial charge is 0.496 e. The summed E-state index contributed by atoms with van der Waals surface area (Å²) < 4.78 is 5.35. The van der Waals surface area contributed by atoms with Crippen molar-refractivity contribution in [1.29, 1.82) is 0 Å². The molecular formula is C20H27N3OS. The summed E-state index contributed by atoms with van der Waals surface area (Å²) in [6.07, 6.45) is 0. The number of anilines is 1. The summed E-state index contributed by atoms with van der Waals surface area (Å²) in [5, 5.41) is 7.17. The number of aryl methyl sites for hydroxylation is 1. The third-order valence-electron chi connectivity index (χ3n) is 4.05. The summed E-state index contributed by atoms with van der Waals surface area (Å²) in [6.45, 7) is 7.58. The van der Waals surface area contributed by atoms with E-state index < -0.39 is 0 Å². The normalized spacial score (nSPS) is 10.2. The van der Waals surface area contributed by atoms with E-state index in [-0.39, 0.29) is 0 Å². The van der Waals surface area contributed by atoms with Crippen LogP contribution in [0.2, 0.25) is 0 Å². The van der Waals surface area contributed by atoms with Crippen molar-refractivity contribution in [3.8, 4) is 5.75 Å². The van der Waals surface area contributed by atoms with Gasteiger partial charge in [0.1, 0.15) is 5.75 Å². The van der Waals surface area contributed by atoms with Gasteiger partial charge < -0.3 is 20.3 Å². The van der Waals surface area contributed by atoms with Crippen molar-refractivity contribution in [2.45, 2.75) is 20.4 Å². The first-order valence-electron chi connectivity index (χ1n) is 8.59. The molecule has 2 aromatic rings. The van der Waals surface area contributed by atoms with E-state index in [0.29, 0.717) is 11.7 Å². The van der Waals surface area contributed by atoms with Crippen molar-refractivity contribution >= 4 is 23.0 Å². The molecule has 4 nitrogen and oxygen atoms in total. The maximum atomic E-state index is 5.38. The van der Waals surface area contributed by atoms with Crippen LogP contribution in [-0.2, 0) is 6.54 Å². The summed E-state index contributed by atoms with van der Waals surface area (Å²) in [7, 11) is 1.68. The molecule has 25 heavy (non-hydrogen) atoms. The van der Waals surface area contributed by atoms with E-state index in [9.17, 15) is 0 Å². The number of ether oxygens (including phenoxy) is 1. The second-order valence-corrected chi connectivity index (χ2v) is 6.25. The molecule has 5 heteroatoms. The van der Waals surface area contributed by atoms with E-state index in [1.807, 2.05) is 24.3 Å². The zero-order valence-corrected chi connectivity index (χ0v) is 16.0. The highest BCUT2D eigenvalue weighted by atomic mass is 32.1. The summed E-state index contributed by atoms with van der Waals surface area (Å²) in [6, 6.07) is 16.5. The average Bonchev–Trinajstić information content (AvgIpc) is 2.63. The Kier molecular flexibility index (Phi) is 7.54. The highest BCUT2D eigenvalue weighted by molar-refractivity contribution is 7.80. The van der Waals surface area contributed by atoms with Crippen molar-refractivity contribution in [3.05, 3.63) is 59.7 Å². The molecular weight excluding hydrogens is 330 g/mol. The van der Waals surface area contributed by atoms with Gasteiger partial charge in [0, 0.05) is 37.4 Å². The lowest BCUT2D eigenvalue weighted by molar-refractivity contribution is 0.409. The minimum atomic E-state index is 0.644. The van der Waals surface area contributed by atoms with Crippen LogP contribution in [0.1, 0.15) is 18.1 Å². The Bertz CT molecular complexity index is 690. The summed E-state index contributed by atoms with van der Waals surface area (Å²) in [5.41, 5.74) is 3.61. The molecule has 0 atom stereocenters. The predicted octanol–water partition coefficient (Wildman–Crippen LogP) is 3.49. The van der Waals surface area contributed by atoms with Crippen LogP contribution in [-0.4, -0.2) is 31.9 Å². The summed E-state index contributed by atoms with van der Waals surface area (Å²) >= 11 is 5.38. The number of benzene rings is 2. The van der Waals surface area contributed by atoms with Crippen LogP contribution in [0.25, 0.3) is 0 Å². The van der Waals surface area contributed by atoms with Gasteiger partial charge in [-0.2, -0.15) is 0 Å². The second-order valence-electron chi connectivity index (χ2n) is 5.84. The topological polar surface area (TPSA) is 36.5 Å². The highest BCUT2D eigenvalue weighted by Crippen LogP contribution is 2.17. The average molecular weight is 358 g/mol. The number of hydrogen-bond donors (Lipinski definition) is 2. The Hall–Kier alpha value is -2.27. The molecule has 2 aromatic carbocycles. The van der Waals surface area contributed by atoms with Gasteiger partial charge in [-0.05, 0) is 49.8 Å². The van der Waals surface area contributed by atoms with Crippen molar-refractivity contribution in [1.82, 2.24) is 10.6 Å². The molecule has 2 N–H and O–H groups in total. The number of para-hydroxylation sites is 1. The molecule has 0 heterocycles. The summed E-state index contributed by atoms with van der Waals surface area (Å²) in [4.78, 5) is 2.34. The van der Waals surface area contributed by atoms with E-state index in [0.717, 1.165) is 30.9 Å². The third-order valence-corrected chi connectivity index (χ3v) is 4.34. The number of rotatable bonds is 8. The minimum Gasteiger partial charge on any atom is -0.496 e. The fraction of sp³-hybridized carbons (Fsp3) is 0.350. The molecule has 0 aliphatic rings. The quantitative estimate of drug-likeness (QED) is 0.707. The first-order valence-corrected chi connectivity index (χ1v) is 9.00. The van der Waals surface area contributed by atoms with Crippen molar-refractivity contribution in [2.75, 3.05) is 31.6 Å². The molecule has 0 unspecified atom stereocenters. The number of nitrogens with zero attached hydrogens (tertiary/aromatic N) is 1. The summed E-state index contributed by atoms with van der Waals surface area (Å²) in [5.74, 6) is 0.870. The van der Waals surface area contributed by atoms with E-state index in [1.54, 1.807) is 7.11 Å². The Morgan fingerprint density at radius 1 is 1.12 bits per heavy atom. The second kappa shape index (κ2) is 9.89. The third kappa shape index (κ3) is 5.94. The molecule has 0 aliphatic heterocycles. The van der Waals surface area contributed by atoms with Crippen LogP contribution >= 0.6 is 12.2 Å². The zero-order valence-electron chi connectivity index (χ0n) is 15.2. The lowest BCUT2D eigenvalue weighted by atomic mass is 10.2. The molecule has 0 amide bonds. The van der Waals surface area contributed by atoms with Crippen LogP contribution < -0.4 is 20.3 Å². The van der Waals surface area contributed by atoms with Gasteiger partial charge in [0.05, 0.1) is 7.11 Å². The molecule has 0 bridgehead atoms. The van der Waals surface area contributed by atoms with Crippen LogP contribution in [0.15, 0.2) is 48.5 Å². The highest BCUT2D eigenvalue weighted by Gasteiger charge is 2.05. The maximum absolute atomic E-state index is 5.38. The van der Waals surface area contributed by atoms with Crippen LogP contribution in [0.3, 0.4) is 0 Å². The van der Waals surface area contributed by atoms with Gasteiger partial charge in [-0.25, -0.2) is 0 Å². The minimum absolute atomic E-state index is 0.644. The number of likely N-dealkylation sites (N-methyl/N-ethyl adjacent to an activating group) is 1. The number of hydrogen-bond acceptors (Lipinski definition) is 3. The predicted molar refractivity (Wildman–Crippen MR) is 110 cm³/mol. The molecule has 2 rings (SSSR count). The number of thiocarbonyl (C=S) groups is 1. The van der Waals surface area contributed by atoms with E-state index in [4.69, 9.17) is 17.0 Å². The van der Waals surface area contributed by atoms with E-state index in [2.05, 4.69) is 53.6 Å².